The van der Waals surface area contributed by atoms with Gasteiger partial charge in [0.1, 0.15) is 5.60 Å². The van der Waals surface area contributed by atoms with Crippen LogP contribution in [0.25, 0.3) is 10.9 Å². The van der Waals surface area contributed by atoms with Gasteiger partial charge in [0, 0.05) is 16.8 Å². The molecule has 2 aromatic carbocycles. The fourth-order valence-electron chi connectivity index (χ4n) is 2.86. The molecule has 0 saturated carbocycles. The molecule has 0 aliphatic rings. The second kappa shape index (κ2) is 6.51. The molecule has 0 spiro atoms. The molecule has 1 unspecified atom stereocenters. The number of benzene rings is 2. The Hall–Kier alpha value is -2.19. The Labute approximate surface area is 156 Å². The van der Waals surface area contributed by atoms with Crippen molar-refractivity contribution >= 4 is 38.3 Å². The van der Waals surface area contributed by atoms with E-state index in [4.69, 9.17) is 21.9 Å². The first-order chi connectivity index (χ1) is 12.1. The average molecular weight is 393 g/mol. The van der Waals surface area contributed by atoms with Crippen molar-refractivity contribution in [1.29, 1.82) is 0 Å². The molecule has 0 aliphatic heterocycles. The van der Waals surface area contributed by atoms with Gasteiger partial charge in [-0.3, -0.25) is 4.55 Å². The van der Waals surface area contributed by atoms with Crippen LogP contribution >= 0.6 is 11.6 Å². The number of anilines is 1. The van der Waals surface area contributed by atoms with Crippen LogP contribution in [0.3, 0.4) is 0 Å². The summed E-state index contributed by atoms with van der Waals surface area (Å²) >= 11 is 5.97. The van der Waals surface area contributed by atoms with Crippen LogP contribution in [0.5, 0.6) is 0 Å². The molecule has 1 aromatic heterocycles. The Morgan fingerprint density at radius 3 is 2.42 bits per heavy atom. The Morgan fingerprint density at radius 2 is 1.81 bits per heavy atom. The van der Waals surface area contributed by atoms with Crippen molar-refractivity contribution in [2.24, 2.45) is 0 Å². The standard InChI is InChI=1S/C18H17ClN2O4S/c1-18(22,10-11-2-5-14(6-3-11)26(23,24)25)17-15(20)9-12-8-13(19)4-7-16(12)21-17/h2-9,22H,10,20H2,1H3,(H,23,24,25). The first-order valence-corrected chi connectivity index (χ1v) is 9.53. The summed E-state index contributed by atoms with van der Waals surface area (Å²) in [4.78, 5) is 4.26. The fraction of sp³-hybridized carbons (Fsp3) is 0.167. The lowest BCUT2D eigenvalue weighted by Crippen LogP contribution is -2.27. The minimum Gasteiger partial charge on any atom is -0.397 e. The predicted octanol–water partition coefficient (Wildman–Crippen LogP) is 3.17. The van der Waals surface area contributed by atoms with Crippen molar-refractivity contribution in [2.45, 2.75) is 23.8 Å². The number of hydrogen-bond donors (Lipinski definition) is 3. The van der Waals surface area contributed by atoms with Gasteiger partial charge in [-0.05, 0) is 48.9 Å². The SMILES string of the molecule is CC(O)(Cc1ccc(S(=O)(=O)O)cc1)c1nc2ccc(Cl)cc2cc1N. The molecule has 26 heavy (non-hydrogen) atoms. The topological polar surface area (TPSA) is 114 Å². The van der Waals surface area contributed by atoms with Crippen LogP contribution in [0, 0.1) is 0 Å². The minimum atomic E-state index is -4.26. The Bertz CT molecular complexity index is 1080. The van der Waals surface area contributed by atoms with Gasteiger partial charge in [0.25, 0.3) is 10.1 Å². The molecule has 3 rings (SSSR count). The number of halogens is 1. The number of nitrogen functional groups attached to an aromatic ring is 1. The van der Waals surface area contributed by atoms with E-state index in [0.717, 1.165) is 5.39 Å². The van der Waals surface area contributed by atoms with Crippen LogP contribution in [0.2, 0.25) is 5.02 Å². The quantitative estimate of drug-likeness (QED) is 0.587. The largest absolute Gasteiger partial charge is 0.397 e. The first-order valence-electron chi connectivity index (χ1n) is 7.71. The van der Waals surface area contributed by atoms with E-state index in [0.29, 0.717) is 27.5 Å². The highest BCUT2D eigenvalue weighted by atomic mass is 35.5. The van der Waals surface area contributed by atoms with Gasteiger partial charge in [-0.25, -0.2) is 4.98 Å². The van der Waals surface area contributed by atoms with Crippen molar-refractivity contribution in [1.82, 2.24) is 4.98 Å². The molecular formula is C18H17ClN2O4S. The smallest absolute Gasteiger partial charge is 0.294 e. The monoisotopic (exact) mass is 392 g/mol. The number of aromatic nitrogens is 1. The van der Waals surface area contributed by atoms with Gasteiger partial charge in [0.15, 0.2) is 0 Å². The molecule has 0 aliphatic carbocycles. The molecule has 4 N–H and O–H groups in total. The number of fused-ring (bicyclic) bond motifs is 1. The van der Waals surface area contributed by atoms with E-state index in [1.54, 1.807) is 31.2 Å². The second-order valence-electron chi connectivity index (χ2n) is 6.33. The van der Waals surface area contributed by atoms with Crippen LogP contribution in [-0.2, 0) is 22.1 Å². The van der Waals surface area contributed by atoms with Crippen molar-refractivity contribution in [3.63, 3.8) is 0 Å². The fourth-order valence-corrected chi connectivity index (χ4v) is 3.52. The summed E-state index contributed by atoms with van der Waals surface area (Å²) in [6, 6.07) is 12.5. The third-order valence-corrected chi connectivity index (χ3v) is 5.19. The number of nitrogens with zero attached hydrogens (tertiary/aromatic N) is 1. The highest BCUT2D eigenvalue weighted by Crippen LogP contribution is 2.31. The number of hydrogen-bond acceptors (Lipinski definition) is 5. The molecule has 1 atom stereocenters. The molecule has 0 fully saturated rings. The zero-order valence-corrected chi connectivity index (χ0v) is 15.4. The van der Waals surface area contributed by atoms with E-state index in [1.807, 2.05) is 0 Å². The van der Waals surface area contributed by atoms with Crippen molar-refractivity contribution < 1.29 is 18.1 Å². The van der Waals surface area contributed by atoms with Gasteiger partial charge < -0.3 is 10.8 Å². The summed E-state index contributed by atoms with van der Waals surface area (Å²) < 4.78 is 31.3. The molecule has 1 heterocycles. The third kappa shape index (κ3) is 3.81. The summed E-state index contributed by atoms with van der Waals surface area (Å²) in [6.07, 6.45) is 0.162. The summed E-state index contributed by atoms with van der Waals surface area (Å²) in [6.45, 7) is 1.59. The van der Waals surface area contributed by atoms with Crippen LogP contribution in [0.15, 0.2) is 53.4 Å². The van der Waals surface area contributed by atoms with Gasteiger partial charge in [0.2, 0.25) is 0 Å². The highest BCUT2D eigenvalue weighted by Gasteiger charge is 2.28. The van der Waals surface area contributed by atoms with Gasteiger partial charge in [-0.15, -0.1) is 0 Å². The molecule has 8 heteroatoms. The minimum absolute atomic E-state index is 0.162. The lowest BCUT2D eigenvalue weighted by atomic mass is 9.91. The predicted molar refractivity (Wildman–Crippen MR) is 101 cm³/mol. The van der Waals surface area contributed by atoms with Crippen LogP contribution in [-0.4, -0.2) is 23.1 Å². The van der Waals surface area contributed by atoms with E-state index in [1.165, 1.54) is 24.3 Å². The lowest BCUT2D eigenvalue weighted by molar-refractivity contribution is 0.0542. The van der Waals surface area contributed by atoms with Crippen molar-refractivity contribution in [2.75, 3.05) is 5.73 Å². The Morgan fingerprint density at radius 1 is 1.15 bits per heavy atom. The molecule has 136 valence electrons. The number of pyridine rings is 1. The maximum Gasteiger partial charge on any atom is 0.294 e. The first kappa shape index (κ1) is 18.6. The molecule has 0 bridgehead atoms. The summed E-state index contributed by atoms with van der Waals surface area (Å²) in [5.41, 5.74) is 6.68. The molecule has 3 aromatic rings. The van der Waals surface area contributed by atoms with Gasteiger partial charge in [0.05, 0.1) is 21.8 Å². The van der Waals surface area contributed by atoms with E-state index < -0.39 is 15.7 Å². The van der Waals surface area contributed by atoms with E-state index in [2.05, 4.69) is 4.98 Å². The molecule has 6 nitrogen and oxygen atoms in total. The average Bonchev–Trinajstić information content (AvgIpc) is 2.53. The van der Waals surface area contributed by atoms with Gasteiger partial charge >= 0.3 is 0 Å². The van der Waals surface area contributed by atoms with Crippen LogP contribution in [0.1, 0.15) is 18.2 Å². The maximum absolute atomic E-state index is 11.1. The van der Waals surface area contributed by atoms with Crippen molar-refractivity contribution in [3.8, 4) is 0 Å². The molecule has 0 amide bonds. The molecule has 0 radical (unpaired) electrons. The maximum atomic E-state index is 11.1. The molecule has 0 saturated heterocycles. The van der Waals surface area contributed by atoms with Gasteiger partial charge in [-0.1, -0.05) is 23.7 Å². The van der Waals surface area contributed by atoms with E-state index >= 15 is 0 Å². The normalized spacial score (nSPS) is 14.3. The van der Waals surface area contributed by atoms with E-state index in [9.17, 15) is 13.5 Å². The van der Waals surface area contributed by atoms with Crippen LogP contribution in [0.4, 0.5) is 5.69 Å². The van der Waals surface area contributed by atoms with Gasteiger partial charge in [-0.2, -0.15) is 8.42 Å². The number of rotatable bonds is 4. The number of aliphatic hydroxyl groups is 1. The zero-order chi connectivity index (χ0) is 19.1. The Balaban J connectivity index is 1.96. The van der Waals surface area contributed by atoms with Crippen LogP contribution < -0.4 is 5.73 Å². The number of nitrogens with two attached hydrogens (primary N) is 1. The summed E-state index contributed by atoms with van der Waals surface area (Å²) in [5, 5.41) is 12.3. The second-order valence-corrected chi connectivity index (χ2v) is 8.19. The van der Waals surface area contributed by atoms with E-state index in [-0.39, 0.29) is 11.3 Å². The molecular weight excluding hydrogens is 376 g/mol. The summed E-state index contributed by atoms with van der Waals surface area (Å²) in [7, 11) is -4.26. The van der Waals surface area contributed by atoms with Crippen molar-refractivity contribution in [3.05, 3.63) is 64.8 Å². The highest BCUT2D eigenvalue weighted by molar-refractivity contribution is 7.85. The lowest BCUT2D eigenvalue weighted by Gasteiger charge is -2.25. The Kier molecular flexibility index (Phi) is 4.66. The summed E-state index contributed by atoms with van der Waals surface area (Å²) in [5.74, 6) is 0. The third-order valence-electron chi connectivity index (χ3n) is 4.09. The zero-order valence-electron chi connectivity index (χ0n) is 13.8.